The van der Waals surface area contributed by atoms with Gasteiger partial charge in [0, 0.05) is 39.1 Å². The van der Waals surface area contributed by atoms with Crippen molar-refractivity contribution in [1.29, 1.82) is 0 Å². The number of nitrogens with zero attached hydrogens (tertiary/aromatic N) is 3. The van der Waals surface area contributed by atoms with Crippen molar-refractivity contribution in [3.63, 3.8) is 0 Å². The molecule has 2 aliphatic rings. The minimum atomic E-state index is -0.885. The zero-order valence-corrected chi connectivity index (χ0v) is 16.7. The number of fused-ring (bicyclic) bond motifs is 1. The summed E-state index contributed by atoms with van der Waals surface area (Å²) in [4.78, 5) is 44.6. The monoisotopic (exact) mass is 407 g/mol. The van der Waals surface area contributed by atoms with Crippen molar-refractivity contribution < 1.29 is 19.5 Å². The van der Waals surface area contributed by atoms with Crippen LogP contribution in [0.15, 0.2) is 54.6 Å². The fourth-order valence-corrected chi connectivity index (χ4v) is 4.16. The van der Waals surface area contributed by atoms with Crippen LogP contribution in [0.3, 0.4) is 0 Å². The molecule has 7 nitrogen and oxygen atoms in total. The van der Waals surface area contributed by atoms with Gasteiger partial charge < -0.3 is 10.0 Å². The van der Waals surface area contributed by atoms with Crippen molar-refractivity contribution in [2.75, 3.05) is 39.3 Å². The quantitative estimate of drug-likeness (QED) is 0.724. The van der Waals surface area contributed by atoms with Crippen molar-refractivity contribution >= 4 is 17.7 Å². The van der Waals surface area contributed by atoms with E-state index in [4.69, 9.17) is 5.11 Å². The molecule has 156 valence electrons. The largest absolute Gasteiger partial charge is 0.395 e. The second kappa shape index (κ2) is 8.77. The molecule has 0 bridgehead atoms. The highest BCUT2D eigenvalue weighted by Gasteiger charge is 2.44. The number of carbonyl (C=O) groups is 3. The molecule has 2 aromatic rings. The topological polar surface area (TPSA) is 81.2 Å². The molecule has 0 aliphatic carbocycles. The molecule has 0 radical (unpaired) electrons. The van der Waals surface area contributed by atoms with Crippen LogP contribution in [0.25, 0.3) is 0 Å². The van der Waals surface area contributed by atoms with Crippen LogP contribution in [-0.2, 0) is 11.2 Å². The number of benzene rings is 2. The zero-order valence-electron chi connectivity index (χ0n) is 16.7. The van der Waals surface area contributed by atoms with Gasteiger partial charge in [-0.05, 0) is 17.7 Å². The van der Waals surface area contributed by atoms with Gasteiger partial charge in [-0.2, -0.15) is 0 Å². The molecule has 0 saturated carbocycles. The number of aliphatic hydroxyl groups excluding tert-OH is 1. The van der Waals surface area contributed by atoms with Crippen LogP contribution in [-0.4, -0.2) is 82.9 Å². The Balaban J connectivity index is 1.60. The molecule has 1 fully saturated rings. The summed E-state index contributed by atoms with van der Waals surface area (Å²) in [5, 5.41) is 9.13. The molecule has 3 amide bonds. The van der Waals surface area contributed by atoms with E-state index < -0.39 is 17.9 Å². The molecule has 1 saturated heterocycles. The van der Waals surface area contributed by atoms with Crippen LogP contribution < -0.4 is 0 Å². The van der Waals surface area contributed by atoms with Gasteiger partial charge in [0.1, 0.15) is 6.04 Å². The van der Waals surface area contributed by atoms with Gasteiger partial charge >= 0.3 is 0 Å². The lowest BCUT2D eigenvalue weighted by molar-refractivity contribution is -0.137. The van der Waals surface area contributed by atoms with E-state index in [-0.39, 0.29) is 18.9 Å². The summed E-state index contributed by atoms with van der Waals surface area (Å²) in [5.74, 6) is -1.04. The Morgan fingerprint density at radius 1 is 0.867 bits per heavy atom. The van der Waals surface area contributed by atoms with E-state index >= 15 is 0 Å². The molecule has 1 atom stereocenters. The van der Waals surface area contributed by atoms with Gasteiger partial charge in [0.05, 0.1) is 17.7 Å². The predicted molar refractivity (Wildman–Crippen MR) is 111 cm³/mol. The van der Waals surface area contributed by atoms with Gasteiger partial charge in [0.25, 0.3) is 11.8 Å². The van der Waals surface area contributed by atoms with Crippen LogP contribution in [0.2, 0.25) is 0 Å². The molecule has 2 aromatic carbocycles. The molecule has 0 spiro atoms. The Hall–Kier alpha value is -3.03. The standard InChI is InChI=1S/C23H25N3O4/c27-15-14-24-10-12-25(13-11-24)23(30)20(16-17-6-2-1-3-7-17)26-21(28)18-8-4-5-9-19(18)22(26)29/h1-9,20,27H,10-16H2/t20-/m1/s1. The first-order valence-electron chi connectivity index (χ1n) is 10.2. The minimum absolute atomic E-state index is 0.0830. The predicted octanol–water partition coefficient (Wildman–Crippen LogP) is 1.03. The third-order valence-corrected chi connectivity index (χ3v) is 5.79. The number of rotatable bonds is 6. The molecule has 30 heavy (non-hydrogen) atoms. The van der Waals surface area contributed by atoms with Gasteiger partial charge in [-0.15, -0.1) is 0 Å². The molecular weight excluding hydrogens is 382 g/mol. The summed E-state index contributed by atoms with van der Waals surface area (Å²) < 4.78 is 0. The second-order valence-electron chi connectivity index (χ2n) is 7.62. The maximum absolute atomic E-state index is 13.5. The van der Waals surface area contributed by atoms with Crippen molar-refractivity contribution in [1.82, 2.24) is 14.7 Å². The maximum Gasteiger partial charge on any atom is 0.262 e. The van der Waals surface area contributed by atoms with Crippen LogP contribution in [0.5, 0.6) is 0 Å². The van der Waals surface area contributed by atoms with Gasteiger partial charge in [0.2, 0.25) is 5.91 Å². The number of hydrogen-bond donors (Lipinski definition) is 1. The van der Waals surface area contributed by atoms with Crippen LogP contribution in [0.4, 0.5) is 0 Å². The summed E-state index contributed by atoms with van der Waals surface area (Å²) >= 11 is 0. The van der Waals surface area contributed by atoms with Crippen molar-refractivity contribution in [3.8, 4) is 0 Å². The van der Waals surface area contributed by atoms with Crippen LogP contribution in [0, 0.1) is 0 Å². The second-order valence-corrected chi connectivity index (χ2v) is 7.62. The number of imide groups is 1. The van der Waals surface area contributed by atoms with Gasteiger partial charge in [-0.25, -0.2) is 0 Å². The Morgan fingerprint density at radius 2 is 1.43 bits per heavy atom. The maximum atomic E-state index is 13.5. The number of amides is 3. The third kappa shape index (κ3) is 3.86. The van der Waals surface area contributed by atoms with Gasteiger partial charge in [0.15, 0.2) is 0 Å². The molecule has 4 rings (SSSR count). The van der Waals surface area contributed by atoms with Crippen LogP contribution >= 0.6 is 0 Å². The first kappa shape index (κ1) is 20.3. The third-order valence-electron chi connectivity index (χ3n) is 5.79. The highest BCUT2D eigenvalue weighted by Crippen LogP contribution is 2.27. The Morgan fingerprint density at radius 3 is 2.00 bits per heavy atom. The SMILES string of the molecule is O=C([C@@H](Cc1ccccc1)N1C(=O)c2ccccc2C1=O)N1CCN(CCO)CC1. The molecule has 1 N–H and O–H groups in total. The fraction of sp³-hybridized carbons (Fsp3) is 0.348. The lowest BCUT2D eigenvalue weighted by Gasteiger charge is -2.37. The molecule has 2 heterocycles. The van der Waals surface area contributed by atoms with Crippen molar-refractivity contribution in [2.24, 2.45) is 0 Å². The fourth-order valence-electron chi connectivity index (χ4n) is 4.16. The number of carbonyl (C=O) groups excluding carboxylic acids is 3. The van der Waals surface area contributed by atoms with E-state index in [9.17, 15) is 14.4 Å². The van der Waals surface area contributed by atoms with E-state index in [2.05, 4.69) is 4.90 Å². The van der Waals surface area contributed by atoms with Gasteiger partial charge in [-0.1, -0.05) is 42.5 Å². The summed E-state index contributed by atoms with van der Waals surface area (Å²) in [6, 6.07) is 15.3. The van der Waals surface area contributed by atoms with E-state index in [0.717, 1.165) is 10.5 Å². The first-order chi connectivity index (χ1) is 14.6. The lowest BCUT2D eigenvalue weighted by Crippen LogP contribution is -2.56. The summed E-state index contributed by atoms with van der Waals surface area (Å²) in [7, 11) is 0. The normalized spacial score (nSPS) is 17.9. The van der Waals surface area contributed by atoms with Crippen molar-refractivity contribution in [3.05, 3.63) is 71.3 Å². The van der Waals surface area contributed by atoms with Crippen LogP contribution in [0.1, 0.15) is 26.3 Å². The zero-order chi connectivity index (χ0) is 21.1. The summed E-state index contributed by atoms with van der Waals surface area (Å²) in [6.45, 7) is 2.99. The average molecular weight is 407 g/mol. The minimum Gasteiger partial charge on any atom is -0.395 e. The summed E-state index contributed by atoms with van der Waals surface area (Å²) in [6.07, 6.45) is 0.280. The Labute approximate surface area is 175 Å². The Bertz CT molecular complexity index is 903. The van der Waals surface area contributed by atoms with Crippen molar-refractivity contribution in [2.45, 2.75) is 12.5 Å². The molecule has 2 aliphatic heterocycles. The molecule has 0 aromatic heterocycles. The Kier molecular flexibility index (Phi) is 5.92. The molecular formula is C23H25N3O4. The molecule has 7 heteroatoms. The first-order valence-corrected chi connectivity index (χ1v) is 10.2. The van der Waals surface area contributed by atoms with E-state index in [0.29, 0.717) is 43.9 Å². The lowest BCUT2D eigenvalue weighted by atomic mass is 10.0. The summed E-state index contributed by atoms with van der Waals surface area (Å²) in [5.41, 5.74) is 1.59. The number of piperazine rings is 1. The van der Waals surface area contributed by atoms with E-state index in [1.165, 1.54) is 0 Å². The number of hydrogen-bond acceptors (Lipinski definition) is 5. The number of aliphatic hydroxyl groups is 1. The highest BCUT2D eigenvalue weighted by molar-refractivity contribution is 6.22. The average Bonchev–Trinajstić information content (AvgIpc) is 3.03. The smallest absolute Gasteiger partial charge is 0.262 e. The van der Waals surface area contributed by atoms with E-state index in [1.807, 2.05) is 30.3 Å². The highest BCUT2D eigenvalue weighted by atomic mass is 16.3. The molecule has 0 unspecified atom stereocenters. The van der Waals surface area contributed by atoms with Gasteiger partial charge in [-0.3, -0.25) is 24.2 Å². The van der Waals surface area contributed by atoms with E-state index in [1.54, 1.807) is 29.2 Å². The number of β-amino-alcohol motifs (C(OH)–C–C–N with tert-alkyl or cyclic N) is 1.